The predicted octanol–water partition coefficient (Wildman–Crippen LogP) is 0.494. The number of rotatable bonds is 1. The molecular formula is C5H11AlO. The lowest BCUT2D eigenvalue weighted by atomic mass is 10.3. The molecule has 40 valence electrons. The van der Waals surface area contributed by atoms with Crippen molar-refractivity contribution in [2.24, 2.45) is 0 Å². The fourth-order valence-electron chi connectivity index (χ4n) is 1.12. The fraction of sp³-hybridized carbons (Fsp3) is 1.00. The maximum Gasteiger partial charge on any atom is 0.410 e. The fourth-order valence-corrected chi connectivity index (χ4v) is 1.60. The molecule has 1 aliphatic carbocycles. The second-order valence-electron chi connectivity index (χ2n) is 2.14. The average molecular weight is 114 g/mol. The van der Waals surface area contributed by atoms with E-state index in [1.54, 1.807) is 0 Å². The summed E-state index contributed by atoms with van der Waals surface area (Å²) in [6.07, 6.45) is 6.10. The van der Waals surface area contributed by atoms with Gasteiger partial charge in [-0.1, -0.05) is 12.8 Å². The quantitative estimate of drug-likeness (QED) is 0.451. The molecule has 0 aliphatic heterocycles. The highest BCUT2D eigenvalue weighted by Gasteiger charge is 2.11. The van der Waals surface area contributed by atoms with Gasteiger partial charge < -0.3 is 3.79 Å². The lowest BCUT2D eigenvalue weighted by Gasteiger charge is -2.04. The molecule has 0 N–H and O–H groups in total. The Labute approximate surface area is 52.8 Å². The Morgan fingerprint density at radius 3 is 2.14 bits per heavy atom. The van der Waals surface area contributed by atoms with Crippen LogP contribution >= 0.6 is 0 Å². The topological polar surface area (TPSA) is 9.23 Å². The predicted molar refractivity (Wildman–Crippen MR) is 31.9 cm³/mol. The van der Waals surface area contributed by atoms with E-state index < -0.39 is 0 Å². The van der Waals surface area contributed by atoms with Crippen LogP contribution in [-0.2, 0) is 3.79 Å². The summed E-state index contributed by atoms with van der Waals surface area (Å²) < 4.78 is 5.25. The standard InChI is InChI=1S/C5H9O.Al.2H/c6-5-3-1-2-4-5;;;/h5H,1-4H2;;;/q-1;+1;;. The van der Waals surface area contributed by atoms with Crippen LogP contribution in [0.1, 0.15) is 25.7 Å². The summed E-state index contributed by atoms with van der Waals surface area (Å²) in [5, 5.41) is 0. The van der Waals surface area contributed by atoms with E-state index in [9.17, 15) is 0 Å². The van der Waals surface area contributed by atoms with Crippen LogP contribution in [0, 0.1) is 0 Å². The van der Waals surface area contributed by atoms with Crippen molar-refractivity contribution in [3.8, 4) is 0 Å². The van der Waals surface area contributed by atoms with E-state index in [-0.39, 0.29) is 0 Å². The third kappa shape index (κ3) is 1.45. The second-order valence-corrected chi connectivity index (χ2v) is 2.61. The van der Waals surface area contributed by atoms with Gasteiger partial charge in [-0.25, -0.2) is 0 Å². The molecule has 0 radical (unpaired) electrons. The Balaban J connectivity index is 2.14. The molecule has 2 heteroatoms. The molecule has 1 aliphatic rings. The first kappa shape index (κ1) is 5.63. The van der Waals surface area contributed by atoms with Gasteiger partial charge >= 0.3 is 16.6 Å². The summed E-state index contributed by atoms with van der Waals surface area (Å²) in [4.78, 5) is 0. The average Bonchev–Trinajstić information content (AvgIpc) is 2.14. The van der Waals surface area contributed by atoms with E-state index in [4.69, 9.17) is 3.79 Å². The van der Waals surface area contributed by atoms with Crippen LogP contribution in [-0.4, -0.2) is 22.7 Å². The highest BCUT2D eigenvalue weighted by Crippen LogP contribution is 2.19. The molecule has 1 rings (SSSR count). The maximum atomic E-state index is 5.25. The summed E-state index contributed by atoms with van der Waals surface area (Å²) in [6.45, 7) is 0. The van der Waals surface area contributed by atoms with Crippen LogP contribution in [0.5, 0.6) is 0 Å². The number of hydrogen-bond donors (Lipinski definition) is 0. The van der Waals surface area contributed by atoms with E-state index in [1.807, 2.05) is 0 Å². The van der Waals surface area contributed by atoms with Crippen molar-refractivity contribution in [3.05, 3.63) is 0 Å². The van der Waals surface area contributed by atoms with Gasteiger partial charge in [0.15, 0.2) is 0 Å². The molecule has 0 aromatic rings. The summed E-state index contributed by atoms with van der Waals surface area (Å²) in [6, 6.07) is 0. The molecule has 0 saturated heterocycles. The SMILES string of the molecule is [AlH2][O]C1CCCC1. The van der Waals surface area contributed by atoms with E-state index in [0.717, 1.165) is 16.6 Å². The van der Waals surface area contributed by atoms with Crippen LogP contribution < -0.4 is 0 Å². The monoisotopic (exact) mass is 114 g/mol. The number of hydrogen-bond acceptors (Lipinski definition) is 1. The van der Waals surface area contributed by atoms with Crippen molar-refractivity contribution in [2.75, 3.05) is 0 Å². The summed E-state index contributed by atoms with van der Waals surface area (Å²) >= 11 is 0.932. The normalized spacial score (nSPS) is 23.4. The largest absolute Gasteiger partial charge is 0.504 e. The molecule has 0 spiro atoms. The minimum atomic E-state index is 0.659. The van der Waals surface area contributed by atoms with Gasteiger partial charge in [0.05, 0.1) is 0 Å². The van der Waals surface area contributed by atoms with E-state index in [1.165, 1.54) is 25.7 Å². The van der Waals surface area contributed by atoms with Crippen LogP contribution in [0.3, 0.4) is 0 Å². The summed E-state index contributed by atoms with van der Waals surface area (Å²) in [7, 11) is 0. The molecule has 0 aromatic heterocycles. The van der Waals surface area contributed by atoms with Gasteiger partial charge in [-0.2, -0.15) is 0 Å². The van der Waals surface area contributed by atoms with Crippen LogP contribution in [0.25, 0.3) is 0 Å². The van der Waals surface area contributed by atoms with Gasteiger partial charge in [0.2, 0.25) is 0 Å². The Kier molecular flexibility index (Phi) is 2.18. The summed E-state index contributed by atoms with van der Waals surface area (Å²) in [5.41, 5.74) is 0. The first-order valence-electron chi connectivity index (χ1n) is 2.96. The zero-order valence-electron chi connectivity index (χ0n) is 4.81. The first-order valence-corrected chi connectivity index (χ1v) is 3.78. The molecule has 0 atom stereocenters. The van der Waals surface area contributed by atoms with Gasteiger partial charge in [0.1, 0.15) is 0 Å². The van der Waals surface area contributed by atoms with Gasteiger partial charge in [-0.05, 0) is 12.8 Å². The van der Waals surface area contributed by atoms with Gasteiger partial charge in [-0.15, -0.1) is 0 Å². The third-order valence-electron chi connectivity index (χ3n) is 1.64. The molecule has 1 fully saturated rings. The zero-order chi connectivity index (χ0) is 5.11. The van der Waals surface area contributed by atoms with Gasteiger partial charge in [0, 0.05) is 6.10 Å². The van der Waals surface area contributed by atoms with Crippen molar-refractivity contribution in [1.82, 2.24) is 0 Å². The highest BCUT2D eigenvalue weighted by molar-refractivity contribution is 5.98. The molecule has 0 amide bonds. The van der Waals surface area contributed by atoms with Gasteiger partial charge in [-0.3, -0.25) is 0 Å². The molecule has 0 bridgehead atoms. The molecule has 1 saturated carbocycles. The lowest BCUT2D eigenvalue weighted by molar-refractivity contribution is 0.231. The van der Waals surface area contributed by atoms with Crippen molar-refractivity contribution in [3.63, 3.8) is 0 Å². The Hall–Kier alpha value is 0.492. The minimum Gasteiger partial charge on any atom is -0.504 e. The van der Waals surface area contributed by atoms with E-state index in [0.29, 0.717) is 6.10 Å². The Bertz CT molecular complexity index is 50.0. The Morgan fingerprint density at radius 2 is 1.86 bits per heavy atom. The Morgan fingerprint density at radius 1 is 1.29 bits per heavy atom. The molecule has 0 aromatic carbocycles. The van der Waals surface area contributed by atoms with E-state index in [2.05, 4.69) is 0 Å². The molecular weight excluding hydrogens is 103 g/mol. The molecule has 0 heterocycles. The van der Waals surface area contributed by atoms with Crippen molar-refractivity contribution in [2.45, 2.75) is 31.8 Å². The first-order chi connectivity index (χ1) is 3.43. The highest BCUT2D eigenvalue weighted by atomic mass is 27.1. The van der Waals surface area contributed by atoms with Crippen LogP contribution in [0.15, 0.2) is 0 Å². The van der Waals surface area contributed by atoms with Gasteiger partial charge in [0.25, 0.3) is 0 Å². The van der Waals surface area contributed by atoms with Crippen LogP contribution in [0.2, 0.25) is 0 Å². The lowest BCUT2D eigenvalue weighted by Crippen LogP contribution is -2.02. The summed E-state index contributed by atoms with van der Waals surface area (Å²) in [5.74, 6) is 0. The second kappa shape index (κ2) is 2.72. The third-order valence-corrected chi connectivity index (χ3v) is 2.30. The van der Waals surface area contributed by atoms with Crippen molar-refractivity contribution in [1.29, 1.82) is 0 Å². The smallest absolute Gasteiger partial charge is 0.410 e. The van der Waals surface area contributed by atoms with E-state index >= 15 is 0 Å². The van der Waals surface area contributed by atoms with Crippen molar-refractivity contribution < 1.29 is 3.79 Å². The van der Waals surface area contributed by atoms with Crippen molar-refractivity contribution >= 4 is 16.6 Å². The maximum absolute atomic E-state index is 5.25. The molecule has 7 heavy (non-hydrogen) atoms. The zero-order valence-corrected chi connectivity index (χ0v) is 6.81. The minimum absolute atomic E-state index is 0.659. The molecule has 0 unspecified atom stereocenters. The van der Waals surface area contributed by atoms with Crippen LogP contribution in [0.4, 0.5) is 0 Å². The molecule has 1 nitrogen and oxygen atoms in total.